The lowest BCUT2D eigenvalue weighted by molar-refractivity contribution is -0.137. The molecule has 3 rings (SSSR count). The number of amides is 1. The molecular formula is C17H11ClF3N3O3. The number of esters is 1. The molecule has 0 spiro atoms. The molecule has 0 aliphatic carbocycles. The second-order valence-corrected chi connectivity index (χ2v) is 5.85. The standard InChI is InChI=1S/C17H11ClF3N3O3/c18-9-1-2-13(12(7-9)17(19,20)21)24-14(25)8-27-16(26)11-4-6-23-15-10(11)3-5-22-15/h1-7H,8H2,(H,22,23)(H,24,25). The monoisotopic (exact) mass is 397 g/mol. The van der Waals surface area contributed by atoms with E-state index < -0.39 is 35.9 Å². The van der Waals surface area contributed by atoms with Crippen LogP contribution in [-0.2, 0) is 15.7 Å². The fourth-order valence-electron chi connectivity index (χ4n) is 2.39. The summed E-state index contributed by atoms with van der Waals surface area (Å²) < 4.78 is 44.0. The molecule has 6 nitrogen and oxygen atoms in total. The van der Waals surface area contributed by atoms with Gasteiger partial charge in [0.1, 0.15) is 5.65 Å². The molecule has 0 bridgehead atoms. The zero-order valence-electron chi connectivity index (χ0n) is 13.4. The molecule has 0 saturated carbocycles. The Morgan fingerprint density at radius 3 is 2.74 bits per heavy atom. The number of benzene rings is 1. The summed E-state index contributed by atoms with van der Waals surface area (Å²) >= 11 is 5.58. The van der Waals surface area contributed by atoms with Gasteiger partial charge < -0.3 is 15.0 Å². The van der Waals surface area contributed by atoms with Crippen LogP contribution in [0.15, 0.2) is 42.7 Å². The van der Waals surface area contributed by atoms with E-state index in [-0.39, 0.29) is 10.6 Å². The van der Waals surface area contributed by atoms with Crippen molar-refractivity contribution in [2.45, 2.75) is 6.18 Å². The highest BCUT2D eigenvalue weighted by molar-refractivity contribution is 6.30. The minimum atomic E-state index is -4.71. The van der Waals surface area contributed by atoms with E-state index in [1.54, 1.807) is 12.3 Å². The Morgan fingerprint density at radius 1 is 1.22 bits per heavy atom. The lowest BCUT2D eigenvalue weighted by Crippen LogP contribution is -2.22. The van der Waals surface area contributed by atoms with Gasteiger partial charge in [-0.05, 0) is 30.3 Å². The average Bonchev–Trinajstić information content (AvgIpc) is 3.09. The quantitative estimate of drug-likeness (QED) is 0.651. The van der Waals surface area contributed by atoms with Crippen molar-refractivity contribution in [2.75, 3.05) is 11.9 Å². The summed E-state index contributed by atoms with van der Waals surface area (Å²) in [6.45, 7) is -0.757. The molecule has 140 valence electrons. The minimum absolute atomic E-state index is 0.125. The largest absolute Gasteiger partial charge is 0.452 e. The molecule has 2 heterocycles. The molecule has 0 aliphatic heterocycles. The van der Waals surface area contributed by atoms with Crippen molar-refractivity contribution < 1.29 is 27.5 Å². The van der Waals surface area contributed by atoms with Crippen LogP contribution in [0.4, 0.5) is 18.9 Å². The number of carbonyl (C=O) groups excluding carboxylic acids is 2. The lowest BCUT2D eigenvalue weighted by Gasteiger charge is -2.14. The number of halogens is 4. The van der Waals surface area contributed by atoms with E-state index in [2.05, 4.69) is 15.3 Å². The van der Waals surface area contributed by atoms with Crippen molar-refractivity contribution in [2.24, 2.45) is 0 Å². The van der Waals surface area contributed by atoms with E-state index in [1.807, 2.05) is 0 Å². The third-order valence-electron chi connectivity index (χ3n) is 3.58. The summed E-state index contributed by atoms with van der Waals surface area (Å²) in [5.74, 6) is -1.72. The predicted molar refractivity (Wildman–Crippen MR) is 91.5 cm³/mol. The molecule has 0 fully saturated rings. The fraction of sp³-hybridized carbons (Fsp3) is 0.118. The van der Waals surface area contributed by atoms with Crippen molar-refractivity contribution >= 4 is 40.2 Å². The number of H-pyrrole nitrogens is 1. The second-order valence-electron chi connectivity index (χ2n) is 5.41. The first-order valence-electron chi connectivity index (χ1n) is 7.51. The van der Waals surface area contributed by atoms with E-state index >= 15 is 0 Å². The first kappa shape index (κ1) is 18.7. The lowest BCUT2D eigenvalue weighted by atomic mass is 10.1. The SMILES string of the molecule is O=C(COC(=O)c1ccnc2[nH]ccc12)Nc1ccc(Cl)cc1C(F)(F)F. The number of aromatic amines is 1. The number of hydrogen-bond donors (Lipinski definition) is 2. The molecule has 0 radical (unpaired) electrons. The van der Waals surface area contributed by atoms with Gasteiger partial charge in [-0.15, -0.1) is 0 Å². The molecule has 27 heavy (non-hydrogen) atoms. The maximum Gasteiger partial charge on any atom is 0.418 e. The van der Waals surface area contributed by atoms with Crippen LogP contribution in [0.2, 0.25) is 5.02 Å². The molecule has 10 heteroatoms. The molecule has 3 aromatic rings. The van der Waals surface area contributed by atoms with Crippen LogP contribution in [0.1, 0.15) is 15.9 Å². The van der Waals surface area contributed by atoms with Crippen molar-refractivity contribution in [3.63, 3.8) is 0 Å². The first-order chi connectivity index (χ1) is 12.8. The summed E-state index contributed by atoms with van der Waals surface area (Å²) in [7, 11) is 0. The van der Waals surface area contributed by atoms with E-state index in [1.165, 1.54) is 18.3 Å². The van der Waals surface area contributed by atoms with E-state index in [4.69, 9.17) is 16.3 Å². The number of hydrogen-bond acceptors (Lipinski definition) is 4. The third-order valence-corrected chi connectivity index (χ3v) is 3.81. The van der Waals surface area contributed by atoms with Gasteiger partial charge in [0.05, 0.1) is 16.8 Å². The number of nitrogens with one attached hydrogen (secondary N) is 2. The number of alkyl halides is 3. The zero-order valence-corrected chi connectivity index (χ0v) is 14.2. The normalized spacial score (nSPS) is 11.4. The van der Waals surface area contributed by atoms with Gasteiger partial charge in [-0.2, -0.15) is 13.2 Å². The Morgan fingerprint density at radius 2 is 2.00 bits per heavy atom. The summed E-state index contributed by atoms with van der Waals surface area (Å²) in [5.41, 5.74) is -0.941. The second kappa shape index (κ2) is 7.28. The molecule has 1 amide bonds. The Kier molecular flexibility index (Phi) is 5.04. The number of nitrogens with zero attached hydrogens (tertiary/aromatic N) is 1. The van der Waals surface area contributed by atoms with Crippen molar-refractivity contribution in [1.29, 1.82) is 0 Å². The number of rotatable bonds is 4. The van der Waals surface area contributed by atoms with Crippen LogP contribution in [0, 0.1) is 0 Å². The van der Waals surface area contributed by atoms with Crippen LogP contribution in [0.5, 0.6) is 0 Å². The molecule has 0 aliphatic rings. The summed E-state index contributed by atoms with van der Waals surface area (Å²) in [6, 6.07) is 5.96. The Bertz CT molecular complexity index is 1020. The van der Waals surface area contributed by atoms with Gasteiger partial charge in [-0.3, -0.25) is 4.79 Å². The minimum Gasteiger partial charge on any atom is -0.452 e. The molecule has 2 N–H and O–H groups in total. The molecule has 0 saturated heterocycles. The van der Waals surface area contributed by atoms with Crippen LogP contribution in [0.3, 0.4) is 0 Å². The van der Waals surface area contributed by atoms with Crippen molar-refractivity contribution in [3.8, 4) is 0 Å². The van der Waals surface area contributed by atoms with E-state index in [0.29, 0.717) is 17.1 Å². The zero-order chi connectivity index (χ0) is 19.6. The average molecular weight is 398 g/mol. The van der Waals surface area contributed by atoms with Crippen LogP contribution in [-0.4, -0.2) is 28.5 Å². The maximum absolute atomic E-state index is 13.0. The van der Waals surface area contributed by atoms with Crippen LogP contribution in [0.25, 0.3) is 11.0 Å². The molecule has 0 unspecified atom stereocenters. The van der Waals surface area contributed by atoms with Crippen LogP contribution < -0.4 is 5.32 Å². The summed E-state index contributed by atoms with van der Waals surface area (Å²) in [4.78, 5) is 30.9. The van der Waals surface area contributed by atoms with Gasteiger partial charge in [0, 0.05) is 22.8 Å². The van der Waals surface area contributed by atoms with Crippen molar-refractivity contribution in [1.82, 2.24) is 9.97 Å². The maximum atomic E-state index is 13.0. The highest BCUT2D eigenvalue weighted by Gasteiger charge is 2.34. The van der Waals surface area contributed by atoms with Gasteiger partial charge in [0.15, 0.2) is 6.61 Å². The third kappa shape index (κ3) is 4.20. The van der Waals surface area contributed by atoms with Crippen molar-refractivity contribution in [3.05, 3.63) is 58.9 Å². The Balaban J connectivity index is 1.69. The number of aromatic nitrogens is 2. The van der Waals surface area contributed by atoms with Gasteiger partial charge in [0.2, 0.25) is 0 Å². The predicted octanol–water partition coefficient (Wildman–Crippen LogP) is 4.03. The Hall–Kier alpha value is -3.07. The number of fused-ring (bicyclic) bond motifs is 1. The topological polar surface area (TPSA) is 84.1 Å². The molecule has 1 aromatic carbocycles. The summed E-state index contributed by atoms with van der Waals surface area (Å²) in [5, 5.41) is 2.44. The molecule has 0 atom stereocenters. The number of anilines is 1. The van der Waals surface area contributed by atoms with Gasteiger partial charge >= 0.3 is 12.1 Å². The Labute approximate surface area is 155 Å². The van der Waals surface area contributed by atoms with Gasteiger partial charge in [-0.25, -0.2) is 9.78 Å². The first-order valence-corrected chi connectivity index (χ1v) is 7.89. The highest BCUT2D eigenvalue weighted by atomic mass is 35.5. The van der Waals surface area contributed by atoms with Crippen LogP contribution >= 0.6 is 11.6 Å². The molecule has 2 aromatic heterocycles. The summed E-state index contributed by atoms with van der Waals surface area (Å²) in [6.07, 6.45) is -1.74. The smallest absolute Gasteiger partial charge is 0.418 e. The fourth-order valence-corrected chi connectivity index (χ4v) is 2.57. The van der Waals surface area contributed by atoms with Gasteiger partial charge in [0.25, 0.3) is 5.91 Å². The van der Waals surface area contributed by atoms with Gasteiger partial charge in [-0.1, -0.05) is 11.6 Å². The van der Waals surface area contributed by atoms with E-state index in [0.717, 1.165) is 6.07 Å². The number of ether oxygens (including phenoxy) is 1. The molecular weight excluding hydrogens is 387 g/mol. The number of pyridine rings is 1. The van der Waals surface area contributed by atoms with E-state index in [9.17, 15) is 22.8 Å². The highest BCUT2D eigenvalue weighted by Crippen LogP contribution is 2.36. The number of carbonyl (C=O) groups is 2.